The van der Waals surface area contributed by atoms with Crippen molar-refractivity contribution >= 4 is 15.8 Å². The third kappa shape index (κ3) is 7.69. The molecule has 3 heteroatoms. The van der Waals surface area contributed by atoms with Crippen LogP contribution < -0.4 is 0 Å². The standard InChI is InChI=1S/2C15H24P.Fe/c2*1-11(2)14-9-10-15(12(3)4)16(14)13-7-5-6-8-13;/h2*5-8,11-12,14-15H,9-10H2,1-4H3;/t2*14-,15+,16?;. The monoisotopic (exact) mass is 526 g/mol. The predicted octanol–water partition coefficient (Wildman–Crippen LogP) is 9.35. The van der Waals surface area contributed by atoms with Crippen molar-refractivity contribution in [2.45, 2.75) is 104 Å². The van der Waals surface area contributed by atoms with Crippen LogP contribution in [-0.2, 0) is 17.1 Å². The van der Waals surface area contributed by atoms with Crippen molar-refractivity contribution in [1.82, 2.24) is 0 Å². The van der Waals surface area contributed by atoms with Gasteiger partial charge in [-0.15, -0.1) is 0 Å². The van der Waals surface area contributed by atoms with Gasteiger partial charge in [0.1, 0.15) is 0 Å². The van der Waals surface area contributed by atoms with Gasteiger partial charge in [-0.05, 0) is 123 Å². The summed E-state index contributed by atoms with van der Waals surface area (Å²) >= 11 is 0. The molecule has 0 N–H and O–H groups in total. The molecule has 2 saturated carbocycles. The first-order chi connectivity index (χ1) is 15.2. The largest absolute Gasteiger partial charge is 0.0919 e. The Hall–Kier alpha value is 1.38. The first-order valence-electron chi connectivity index (χ1n) is 13.2. The Morgan fingerprint density at radius 2 is 0.697 bits per heavy atom. The Bertz CT molecular complexity index is 453. The first-order valence-corrected chi connectivity index (χ1v) is 16.2. The fourth-order valence-corrected chi connectivity index (χ4v) is 14.0. The van der Waals surface area contributed by atoms with E-state index < -0.39 is 0 Å². The van der Waals surface area contributed by atoms with Gasteiger partial charge in [0.2, 0.25) is 0 Å². The molecule has 0 aromatic rings. The maximum atomic E-state index is 2.41. The van der Waals surface area contributed by atoms with E-state index in [1.165, 1.54) is 25.7 Å². The molecule has 2 saturated heterocycles. The van der Waals surface area contributed by atoms with E-state index in [-0.39, 0.29) is 32.9 Å². The summed E-state index contributed by atoms with van der Waals surface area (Å²) in [5.74, 6) is 3.41. The Balaban J connectivity index is 0.000000227. The molecule has 2 unspecified atom stereocenters. The molecule has 4 fully saturated rings. The second-order valence-corrected chi connectivity index (χ2v) is 16.8. The second-order valence-electron chi connectivity index (χ2n) is 11.5. The van der Waals surface area contributed by atoms with E-state index in [9.17, 15) is 0 Å². The van der Waals surface area contributed by atoms with Gasteiger partial charge in [-0.3, -0.25) is 0 Å². The normalized spacial score (nSPS) is 35.6. The summed E-state index contributed by atoms with van der Waals surface area (Å²) in [6, 6.07) is 0. The Kier molecular flexibility index (Phi) is 13.3. The van der Waals surface area contributed by atoms with Gasteiger partial charge in [0.15, 0.2) is 0 Å². The van der Waals surface area contributed by atoms with Crippen molar-refractivity contribution in [3.05, 3.63) is 62.7 Å². The Labute approximate surface area is 222 Å². The molecule has 33 heavy (non-hydrogen) atoms. The van der Waals surface area contributed by atoms with Crippen molar-refractivity contribution in [1.29, 1.82) is 0 Å². The second kappa shape index (κ2) is 14.4. The van der Waals surface area contributed by atoms with Gasteiger partial charge < -0.3 is 0 Å². The van der Waals surface area contributed by atoms with Crippen LogP contribution in [-0.4, -0.2) is 22.6 Å². The Morgan fingerprint density at radius 1 is 0.485 bits per heavy atom. The van der Waals surface area contributed by atoms with Crippen molar-refractivity contribution in [3.63, 3.8) is 0 Å². The zero-order chi connectivity index (χ0) is 23.4. The zero-order valence-electron chi connectivity index (χ0n) is 22.3. The van der Waals surface area contributed by atoms with Crippen LogP contribution in [0.2, 0.25) is 0 Å². The van der Waals surface area contributed by atoms with Gasteiger partial charge in [-0.2, -0.15) is 0 Å². The summed E-state index contributed by atoms with van der Waals surface area (Å²) in [5, 5.41) is 0. The van der Waals surface area contributed by atoms with Crippen LogP contribution in [0.5, 0.6) is 0 Å². The molecule has 4 rings (SSSR count). The zero-order valence-corrected chi connectivity index (χ0v) is 25.2. The van der Waals surface area contributed by atoms with Gasteiger partial charge in [-0.1, -0.05) is 71.2 Å². The van der Waals surface area contributed by atoms with Crippen LogP contribution in [0.15, 0.2) is 0 Å². The van der Waals surface area contributed by atoms with Crippen LogP contribution in [0.3, 0.4) is 0 Å². The topological polar surface area (TPSA) is 0 Å². The fraction of sp³-hybridized carbons (Fsp3) is 0.667. The molecular weight excluding hydrogens is 478 g/mol. The quantitative estimate of drug-likeness (QED) is 0.239. The maximum Gasteiger partial charge on any atom is 0.00805 e. The minimum absolute atomic E-state index is 0. The summed E-state index contributed by atoms with van der Waals surface area (Å²) in [7, 11) is 0.182. The molecule has 0 amide bonds. The van der Waals surface area contributed by atoms with E-state index in [0.29, 0.717) is 0 Å². The SMILES string of the molecule is CC(C)[C@H]1CC[C@@H](C(C)C)P1[C]1[CH][CH][CH][CH]1.CC(C)[C@H]1CC[C@@H](C(C)C)P1[C]1[CH][CH][CH][CH]1.[Fe]. The third-order valence-electron chi connectivity index (χ3n) is 7.91. The Morgan fingerprint density at radius 3 is 0.879 bits per heavy atom. The molecular formula is C30H48FeP2. The smallest absolute Gasteiger partial charge is 0.00805 e. The van der Waals surface area contributed by atoms with Crippen molar-refractivity contribution < 1.29 is 17.1 Å². The van der Waals surface area contributed by atoms with E-state index >= 15 is 0 Å². The van der Waals surface area contributed by atoms with Crippen molar-refractivity contribution in [2.24, 2.45) is 23.7 Å². The molecule has 4 aliphatic rings. The van der Waals surface area contributed by atoms with Gasteiger partial charge in [0.25, 0.3) is 0 Å². The van der Waals surface area contributed by atoms with E-state index in [0.717, 1.165) is 46.3 Å². The summed E-state index contributed by atoms with van der Waals surface area (Å²) < 4.78 is 0. The van der Waals surface area contributed by atoms with Gasteiger partial charge in [0, 0.05) is 28.4 Å². The fourth-order valence-electron chi connectivity index (χ4n) is 6.19. The predicted molar refractivity (Wildman–Crippen MR) is 148 cm³/mol. The minimum Gasteiger partial charge on any atom is -0.0919 e. The van der Waals surface area contributed by atoms with E-state index in [2.05, 4.69) is 107 Å². The molecule has 10 radical (unpaired) electrons. The molecule has 0 aromatic heterocycles. The third-order valence-corrected chi connectivity index (χ3v) is 16.0. The summed E-state index contributed by atoms with van der Waals surface area (Å²) in [6.45, 7) is 19.3. The molecule has 2 heterocycles. The number of hydrogen-bond acceptors (Lipinski definition) is 0. The molecule has 2 aliphatic heterocycles. The molecule has 0 nitrogen and oxygen atoms in total. The minimum atomic E-state index is 0. The molecule has 0 aromatic carbocycles. The van der Waals surface area contributed by atoms with Gasteiger partial charge >= 0.3 is 0 Å². The van der Waals surface area contributed by atoms with Crippen LogP contribution >= 0.6 is 15.8 Å². The van der Waals surface area contributed by atoms with Crippen molar-refractivity contribution in [2.75, 3.05) is 0 Å². The summed E-state index contributed by atoms with van der Waals surface area (Å²) in [4.78, 5) is 0. The van der Waals surface area contributed by atoms with E-state index in [1.54, 1.807) is 11.3 Å². The number of rotatable bonds is 6. The molecule has 6 atom stereocenters. The van der Waals surface area contributed by atoms with Crippen LogP contribution in [0, 0.1) is 86.4 Å². The molecule has 0 spiro atoms. The van der Waals surface area contributed by atoms with Crippen LogP contribution in [0.4, 0.5) is 0 Å². The first kappa shape index (κ1) is 30.6. The van der Waals surface area contributed by atoms with Gasteiger partial charge in [-0.25, -0.2) is 0 Å². The van der Waals surface area contributed by atoms with E-state index in [4.69, 9.17) is 0 Å². The maximum absolute atomic E-state index is 2.41. The average molecular weight is 527 g/mol. The summed E-state index contributed by atoms with van der Waals surface area (Å²) in [5.41, 5.74) is 7.17. The average Bonchev–Trinajstić information content (AvgIpc) is 3.54. The molecule has 186 valence electrons. The van der Waals surface area contributed by atoms with Crippen LogP contribution in [0.1, 0.15) is 81.1 Å². The van der Waals surface area contributed by atoms with E-state index in [1.807, 2.05) is 0 Å². The van der Waals surface area contributed by atoms with Gasteiger partial charge in [0.05, 0.1) is 0 Å². The molecule has 2 aliphatic carbocycles. The number of hydrogen-bond donors (Lipinski definition) is 0. The van der Waals surface area contributed by atoms with Crippen molar-refractivity contribution in [3.8, 4) is 0 Å². The van der Waals surface area contributed by atoms with Crippen LogP contribution in [0.25, 0.3) is 0 Å². The molecule has 0 bridgehead atoms. The summed E-state index contributed by atoms with van der Waals surface area (Å²) in [6.07, 6.45) is 24.1.